The molecule has 1 N–H and O–H groups in total. The molecule has 4 aromatic rings. The number of hydrogen-bond acceptors (Lipinski definition) is 11. The minimum Gasteiger partial charge on any atom is -0.336 e. The van der Waals surface area contributed by atoms with Gasteiger partial charge in [0.1, 0.15) is 5.82 Å². The molecule has 184 valence electrons. The molecule has 13 heteroatoms. The molecule has 0 saturated carbocycles. The number of pyridine rings is 1. The van der Waals surface area contributed by atoms with Gasteiger partial charge in [-0.15, -0.1) is 10.2 Å². The van der Waals surface area contributed by atoms with Crippen molar-refractivity contribution in [1.29, 1.82) is 0 Å². The highest BCUT2D eigenvalue weighted by molar-refractivity contribution is 7.90. The highest BCUT2D eigenvalue weighted by atomic mass is 32.2. The van der Waals surface area contributed by atoms with E-state index in [-0.39, 0.29) is 16.9 Å². The van der Waals surface area contributed by atoms with E-state index in [1.807, 2.05) is 24.4 Å². The van der Waals surface area contributed by atoms with Gasteiger partial charge in [-0.25, -0.2) is 18.4 Å². The zero-order chi connectivity index (χ0) is 24.7. The number of piperidine rings is 1. The molecule has 0 amide bonds. The van der Waals surface area contributed by atoms with Crippen LogP contribution in [0.15, 0.2) is 34.1 Å². The average molecular weight is 498 g/mol. The Morgan fingerprint density at radius 2 is 1.91 bits per heavy atom. The maximum atomic E-state index is 11.8. The smallest absolute Gasteiger partial charge is 0.324 e. The highest BCUT2D eigenvalue weighted by Gasteiger charge is 2.28. The fourth-order valence-corrected chi connectivity index (χ4v) is 4.75. The number of nitrogens with zero attached hydrogens (tertiary/aromatic N) is 8. The second kappa shape index (κ2) is 8.87. The topological polar surface area (TPSA) is 144 Å². The fraction of sp³-hybridized carbons (Fsp3) is 0.455. The van der Waals surface area contributed by atoms with Gasteiger partial charge in [-0.3, -0.25) is 4.40 Å². The first-order valence-corrected chi connectivity index (χ1v) is 13.3. The number of aromatic nitrogens is 7. The molecular weight excluding hydrogens is 470 g/mol. The van der Waals surface area contributed by atoms with Crippen molar-refractivity contribution in [3.63, 3.8) is 0 Å². The Balaban J connectivity index is 1.34. The molecule has 1 saturated heterocycles. The van der Waals surface area contributed by atoms with Crippen molar-refractivity contribution in [2.75, 3.05) is 29.6 Å². The molecule has 1 aliphatic heterocycles. The van der Waals surface area contributed by atoms with Crippen molar-refractivity contribution in [3.05, 3.63) is 41.9 Å². The summed E-state index contributed by atoms with van der Waals surface area (Å²) in [6.45, 7) is 7.39. The van der Waals surface area contributed by atoms with Crippen LogP contribution in [0.25, 0.3) is 5.65 Å². The third-order valence-electron chi connectivity index (χ3n) is 6.12. The Kier molecular flexibility index (Phi) is 5.87. The van der Waals surface area contributed by atoms with Crippen LogP contribution in [0.4, 0.5) is 17.5 Å². The lowest BCUT2D eigenvalue weighted by molar-refractivity contribution is 0.384. The second-order valence-electron chi connectivity index (χ2n) is 9.06. The molecule has 1 fully saturated rings. The van der Waals surface area contributed by atoms with Gasteiger partial charge >= 0.3 is 6.01 Å². The molecule has 0 unspecified atom stereocenters. The summed E-state index contributed by atoms with van der Waals surface area (Å²) in [5.41, 5.74) is 1.79. The Hall–Kier alpha value is -3.61. The number of hydrogen-bond donors (Lipinski definition) is 1. The molecule has 0 aromatic carbocycles. The van der Waals surface area contributed by atoms with Crippen molar-refractivity contribution in [2.24, 2.45) is 0 Å². The minimum absolute atomic E-state index is 0.0313. The molecule has 5 rings (SSSR count). The van der Waals surface area contributed by atoms with Crippen molar-refractivity contribution >= 4 is 33.0 Å². The predicted molar refractivity (Wildman–Crippen MR) is 129 cm³/mol. The van der Waals surface area contributed by atoms with E-state index in [4.69, 9.17) is 4.52 Å². The summed E-state index contributed by atoms with van der Waals surface area (Å²) in [4.78, 5) is 15.2. The van der Waals surface area contributed by atoms with Gasteiger partial charge in [0.25, 0.3) is 0 Å². The molecular formula is C22H27N9O3S. The Labute approximate surface area is 202 Å². The van der Waals surface area contributed by atoms with Crippen LogP contribution in [0.1, 0.15) is 55.9 Å². The van der Waals surface area contributed by atoms with Crippen molar-refractivity contribution in [1.82, 2.24) is 34.7 Å². The standard InChI is InChI=1S/C22H27N9O3S/c1-13(2)18-26-22(34-29-18)30-10-7-15(8-11-30)20-27-28-21-19(23-9-12-31(20)21)25-16-5-6-17(24-14(16)3)35(4,32)33/h5-6,9,12-13,15H,7-8,10-11H2,1-4H3,(H,23,25). The number of aryl methyl sites for hydroxylation is 1. The molecule has 0 spiro atoms. The van der Waals surface area contributed by atoms with Gasteiger partial charge in [0, 0.05) is 43.6 Å². The van der Waals surface area contributed by atoms with Gasteiger partial charge in [-0.1, -0.05) is 19.0 Å². The number of fused-ring (bicyclic) bond motifs is 1. The summed E-state index contributed by atoms with van der Waals surface area (Å²) in [6.07, 6.45) is 6.43. The molecule has 35 heavy (non-hydrogen) atoms. The zero-order valence-electron chi connectivity index (χ0n) is 20.0. The quantitative estimate of drug-likeness (QED) is 0.420. The molecule has 0 bridgehead atoms. The largest absolute Gasteiger partial charge is 0.336 e. The Morgan fingerprint density at radius 3 is 2.57 bits per heavy atom. The maximum absolute atomic E-state index is 11.8. The monoisotopic (exact) mass is 497 g/mol. The van der Waals surface area contributed by atoms with Crippen LogP contribution < -0.4 is 10.2 Å². The van der Waals surface area contributed by atoms with E-state index in [0.29, 0.717) is 28.9 Å². The van der Waals surface area contributed by atoms with Gasteiger partial charge in [0.15, 0.2) is 26.5 Å². The predicted octanol–water partition coefficient (Wildman–Crippen LogP) is 2.87. The molecule has 0 atom stereocenters. The van der Waals surface area contributed by atoms with Crippen LogP contribution in [0.5, 0.6) is 0 Å². The van der Waals surface area contributed by atoms with Gasteiger partial charge in [-0.2, -0.15) is 4.98 Å². The molecule has 4 aromatic heterocycles. The molecule has 0 aliphatic carbocycles. The van der Waals surface area contributed by atoms with Crippen LogP contribution in [0.2, 0.25) is 0 Å². The van der Waals surface area contributed by atoms with E-state index in [1.54, 1.807) is 19.2 Å². The first-order chi connectivity index (χ1) is 16.7. The van der Waals surface area contributed by atoms with Gasteiger partial charge in [-0.05, 0) is 31.9 Å². The first-order valence-electron chi connectivity index (χ1n) is 11.4. The van der Waals surface area contributed by atoms with E-state index < -0.39 is 9.84 Å². The van der Waals surface area contributed by atoms with E-state index in [0.717, 1.165) is 43.8 Å². The summed E-state index contributed by atoms with van der Waals surface area (Å²) in [5.74, 6) is 2.56. The maximum Gasteiger partial charge on any atom is 0.324 e. The number of rotatable bonds is 6. The molecule has 1 aliphatic rings. The average Bonchev–Trinajstić information content (AvgIpc) is 3.48. The molecule has 5 heterocycles. The van der Waals surface area contributed by atoms with E-state index in [2.05, 4.69) is 40.5 Å². The van der Waals surface area contributed by atoms with Gasteiger partial charge in [0.2, 0.25) is 5.65 Å². The SMILES string of the molecule is Cc1nc(S(C)(=O)=O)ccc1Nc1nccn2c(C3CCN(c4nc(C(C)C)no4)CC3)nnc12. The van der Waals surface area contributed by atoms with Crippen molar-refractivity contribution < 1.29 is 12.9 Å². The summed E-state index contributed by atoms with van der Waals surface area (Å²) in [6, 6.07) is 3.72. The van der Waals surface area contributed by atoms with Crippen LogP contribution in [0, 0.1) is 6.92 Å². The third-order valence-corrected chi connectivity index (χ3v) is 7.11. The summed E-state index contributed by atoms with van der Waals surface area (Å²) in [7, 11) is -3.38. The molecule has 0 radical (unpaired) electrons. The highest BCUT2D eigenvalue weighted by Crippen LogP contribution is 2.31. The second-order valence-corrected chi connectivity index (χ2v) is 11.0. The van der Waals surface area contributed by atoms with Crippen LogP contribution in [0.3, 0.4) is 0 Å². The molecule has 12 nitrogen and oxygen atoms in total. The number of anilines is 3. The Bertz CT molecular complexity index is 1470. The van der Waals surface area contributed by atoms with Crippen molar-refractivity contribution in [3.8, 4) is 0 Å². The summed E-state index contributed by atoms with van der Waals surface area (Å²) < 4.78 is 31.0. The summed E-state index contributed by atoms with van der Waals surface area (Å²) in [5, 5.41) is 16.2. The lowest BCUT2D eigenvalue weighted by Crippen LogP contribution is -2.33. The van der Waals surface area contributed by atoms with Gasteiger partial charge in [0.05, 0.1) is 11.4 Å². The van der Waals surface area contributed by atoms with Crippen molar-refractivity contribution in [2.45, 2.75) is 50.5 Å². The van der Waals surface area contributed by atoms with E-state index in [1.165, 1.54) is 6.07 Å². The minimum atomic E-state index is -3.38. The Morgan fingerprint density at radius 1 is 1.14 bits per heavy atom. The number of sulfone groups is 1. The zero-order valence-corrected chi connectivity index (χ0v) is 20.8. The normalized spacial score (nSPS) is 15.3. The third kappa shape index (κ3) is 4.55. The van der Waals surface area contributed by atoms with Crippen LogP contribution >= 0.6 is 0 Å². The lowest BCUT2D eigenvalue weighted by Gasteiger charge is -2.29. The van der Waals surface area contributed by atoms with Crippen LogP contribution in [-0.4, -0.2) is 62.5 Å². The summed E-state index contributed by atoms with van der Waals surface area (Å²) >= 11 is 0. The number of nitrogens with one attached hydrogen (secondary N) is 1. The first kappa shape index (κ1) is 23.1. The van der Waals surface area contributed by atoms with E-state index in [9.17, 15) is 8.42 Å². The lowest BCUT2D eigenvalue weighted by atomic mass is 9.96. The van der Waals surface area contributed by atoms with Crippen LogP contribution in [-0.2, 0) is 9.84 Å². The van der Waals surface area contributed by atoms with Gasteiger partial charge < -0.3 is 14.7 Å². The fourth-order valence-electron chi connectivity index (χ4n) is 4.13. The van der Waals surface area contributed by atoms with E-state index >= 15 is 0 Å².